The summed E-state index contributed by atoms with van der Waals surface area (Å²) in [6.45, 7) is 0. The highest BCUT2D eigenvalue weighted by Gasteiger charge is 2.17. The third-order valence-electron chi connectivity index (χ3n) is 2.38. The van der Waals surface area contributed by atoms with Gasteiger partial charge in [-0.15, -0.1) is 0 Å². The van der Waals surface area contributed by atoms with Crippen LogP contribution in [0.3, 0.4) is 0 Å². The van der Waals surface area contributed by atoms with Gasteiger partial charge in [-0.05, 0) is 6.07 Å². The van der Waals surface area contributed by atoms with Gasteiger partial charge in [0.25, 0.3) is 0 Å². The molecule has 1 heterocycles. The van der Waals surface area contributed by atoms with Gasteiger partial charge in [-0.3, -0.25) is 0 Å². The predicted octanol–water partition coefficient (Wildman–Crippen LogP) is 3.08. The quantitative estimate of drug-likeness (QED) is 0.672. The number of hydrogen-bond acceptors (Lipinski definition) is 3. The molecule has 0 saturated heterocycles. The standard InChI is InChI=1S/C12H6F4N2O2/c13-6-3-8(15)9(4-7(6)14)18-11-10(16)5(12(19)20)1-2-17-11/h1-4H,(H,17,18)(H,19,20). The topological polar surface area (TPSA) is 62.2 Å². The lowest BCUT2D eigenvalue weighted by Crippen LogP contribution is -2.06. The van der Waals surface area contributed by atoms with Gasteiger partial charge in [0.2, 0.25) is 0 Å². The maximum absolute atomic E-state index is 13.7. The maximum atomic E-state index is 13.7. The van der Waals surface area contributed by atoms with Gasteiger partial charge in [-0.2, -0.15) is 0 Å². The molecule has 2 rings (SSSR count). The molecule has 0 radical (unpaired) electrons. The van der Waals surface area contributed by atoms with E-state index in [-0.39, 0.29) is 6.07 Å². The Morgan fingerprint density at radius 1 is 1.10 bits per heavy atom. The van der Waals surface area contributed by atoms with Gasteiger partial charge in [-0.1, -0.05) is 0 Å². The van der Waals surface area contributed by atoms with Crippen LogP contribution in [0.2, 0.25) is 0 Å². The summed E-state index contributed by atoms with van der Waals surface area (Å²) in [7, 11) is 0. The molecule has 0 bridgehead atoms. The minimum Gasteiger partial charge on any atom is -0.478 e. The maximum Gasteiger partial charge on any atom is 0.338 e. The molecule has 0 aliphatic heterocycles. The molecular formula is C12H6F4N2O2. The Hall–Kier alpha value is -2.64. The first kappa shape index (κ1) is 13.8. The number of halogens is 4. The molecule has 0 aliphatic rings. The minimum atomic E-state index is -1.54. The zero-order valence-electron chi connectivity index (χ0n) is 9.62. The summed E-state index contributed by atoms with van der Waals surface area (Å²) in [6.07, 6.45) is 0.979. The second-order valence-electron chi connectivity index (χ2n) is 3.70. The zero-order chi connectivity index (χ0) is 14.9. The number of carboxylic acid groups (broad SMARTS) is 1. The number of carbonyl (C=O) groups is 1. The lowest BCUT2D eigenvalue weighted by Gasteiger charge is -2.09. The fourth-order valence-corrected chi connectivity index (χ4v) is 1.44. The van der Waals surface area contributed by atoms with Crippen molar-refractivity contribution < 1.29 is 27.5 Å². The molecule has 104 valence electrons. The van der Waals surface area contributed by atoms with Crippen molar-refractivity contribution in [2.75, 3.05) is 5.32 Å². The van der Waals surface area contributed by atoms with Crippen LogP contribution in [0.5, 0.6) is 0 Å². The highest BCUT2D eigenvalue weighted by atomic mass is 19.2. The Morgan fingerprint density at radius 3 is 2.40 bits per heavy atom. The lowest BCUT2D eigenvalue weighted by molar-refractivity contribution is 0.0692. The average Bonchev–Trinajstić information content (AvgIpc) is 2.37. The van der Waals surface area contributed by atoms with Crippen molar-refractivity contribution >= 4 is 17.5 Å². The number of carboxylic acids is 1. The number of nitrogens with zero attached hydrogens (tertiary/aromatic N) is 1. The fraction of sp³-hybridized carbons (Fsp3) is 0. The monoisotopic (exact) mass is 286 g/mol. The van der Waals surface area contributed by atoms with E-state index in [2.05, 4.69) is 10.3 Å². The van der Waals surface area contributed by atoms with Crippen LogP contribution in [-0.4, -0.2) is 16.1 Å². The Morgan fingerprint density at radius 2 is 1.75 bits per heavy atom. The molecular weight excluding hydrogens is 280 g/mol. The molecule has 1 aromatic carbocycles. The smallest absolute Gasteiger partial charge is 0.338 e. The zero-order valence-corrected chi connectivity index (χ0v) is 9.62. The number of aromatic nitrogens is 1. The molecule has 0 amide bonds. The summed E-state index contributed by atoms with van der Waals surface area (Å²) in [5.41, 5.74) is -1.26. The van der Waals surface area contributed by atoms with Crippen molar-refractivity contribution in [3.8, 4) is 0 Å². The van der Waals surface area contributed by atoms with E-state index < -0.39 is 46.3 Å². The molecule has 0 saturated carbocycles. The summed E-state index contributed by atoms with van der Waals surface area (Å²) in [5.74, 6) is -7.33. The van der Waals surface area contributed by atoms with E-state index in [1.165, 1.54) is 0 Å². The van der Waals surface area contributed by atoms with E-state index in [1.54, 1.807) is 0 Å². The number of rotatable bonds is 3. The van der Waals surface area contributed by atoms with Crippen LogP contribution in [0.4, 0.5) is 29.1 Å². The van der Waals surface area contributed by atoms with Gasteiger partial charge in [0.1, 0.15) is 11.4 Å². The van der Waals surface area contributed by atoms with Crippen LogP contribution in [0, 0.1) is 23.3 Å². The molecule has 4 nitrogen and oxygen atoms in total. The van der Waals surface area contributed by atoms with Crippen LogP contribution in [0.15, 0.2) is 24.4 Å². The number of pyridine rings is 1. The first-order valence-electron chi connectivity index (χ1n) is 5.19. The van der Waals surface area contributed by atoms with Crippen molar-refractivity contribution in [3.63, 3.8) is 0 Å². The SMILES string of the molecule is O=C(O)c1ccnc(Nc2cc(F)c(F)cc2F)c1F. The highest BCUT2D eigenvalue weighted by Crippen LogP contribution is 2.24. The largest absolute Gasteiger partial charge is 0.478 e. The van der Waals surface area contributed by atoms with Crippen molar-refractivity contribution in [1.29, 1.82) is 0 Å². The van der Waals surface area contributed by atoms with Gasteiger partial charge in [0.05, 0.1) is 5.69 Å². The van der Waals surface area contributed by atoms with Crippen molar-refractivity contribution in [1.82, 2.24) is 4.98 Å². The number of anilines is 2. The van der Waals surface area contributed by atoms with Crippen molar-refractivity contribution in [2.24, 2.45) is 0 Å². The molecule has 2 aromatic rings. The third kappa shape index (κ3) is 2.53. The second-order valence-corrected chi connectivity index (χ2v) is 3.70. The Balaban J connectivity index is 2.43. The van der Waals surface area contributed by atoms with Crippen molar-refractivity contribution in [2.45, 2.75) is 0 Å². The number of hydrogen-bond donors (Lipinski definition) is 2. The first-order chi connectivity index (χ1) is 9.40. The highest BCUT2D eigenvalue weighted by molar-refractivity contribution is 5.89. The molecule has 20 heavy (non-hydrogen) atoms. The summed E-state index contributed by atoms with van der Waals surface area (Å²) in [6, 6.07) is 1.65. The van der Waals surface area contributed by atoms with Crippen LogP contribution < -0.4 is 5.32 Å². The fourth-order valence-electron chi connectivity index (χ4n) is 1.44. The van der Waals surface area contributed by atoms with Crippen LogP contribution in [0.1, 0.15) is 10.4 Å². The molecule has 0 unspecified atom stereocenters. The normalized spacial score (nSPS) is 10.4. The van der Waals surface area contributed by atoms with Crippen molar-refractivity contribution in [3.05, 3.63) is 53.2 Å². The molecule has 0 fully saturated rings. The van der Waals surface area contributed by atoms with E-state index >= 15 is 0 Å². The summed E-state index contributed by atoms with van der Waals surface area (Å²) in [5, 5.41) is 10.8. The predicted molar refractivity (Wildman–Crippen MR) is 60.8 cm³/mol. The molecule has 1 aromatic heterocycles. The molecule has 8 heteroatoms. The van der Waals surface area contributed by atoms with E-state index in [4.69, 9.17) is 5.11 Å². The van der Waals surface area contributed by atoms with E-state index in [0.29, 0.717) is 6.07 Å². The van der Waals surface area contributed by atoms with Crippen LogP contribution in [-0.2, 0) is 0 Å². The Labute approximate surface area is 109 Å². The number of benzene rings is 1. The second kappa shape index (κ2) is 5.16. The molecule has 2 N–H and O–H groups in total. The first-order valence-corrected chi connectivity index (χ1v) is 5.19. The summed E-state index contributed by atoms with van der Waals surface area (Å²) >= 11 is 0. The van der Waals surface area contributed by atoms with Crippen LogP contribution >= 0.6 is 0 Å². The third-order valence-corrected chi connectivity index (χ3v) is 2.38. The summed E-state index contributed by atoms with van der Waals surface area (Å²) in [4.78, 5) is 14.2. The Bertz CT molecular complexity index is 691. The lowest BCUT2D eigenvalue weighted by atomic mass is 10.2. The average molecular weight is 286 g/mol. The van der Waals surface area contributed by atoms with Gasteiger partial charge in [0.15, 0.2) is 23.3 Å². The van der Waals surface area contributed by atoms with Crippen LogP contribution in [0.25, 0.3) is 0 Å². The van der Waals surface area contributed by atoms with Gasteiger partial charge < -0.3 is 10.4 Å². The molecule has 0 spiro atoms. The van der Waals surface area contributed by atoms with Gasteiger partial charge in [0, 0.05) is 18.3 Å². The van der Waals surface area contributed by atoms with E-state index in [1.807, 2.05) is 0 Å². The Kier molecular flexibility index (Phi) is 3.55. The van der Waals surface area contributed by atoms with E-state index in [0.717, 1.165) is 12.3 Å². The molecule has 0 aliphatic carbocycles. The molecule has 0 atom stereocenters. The van der Waals surface area contributed by atoms with E-state index in [9.17, 15) is 22.4 Å². The number of nitrogens with one attached hydrogen (secondary N) is 1. The minimum absolute atomic E-state index is 0.274. The number of aromatic carboxylic acids is 1. The summed E-state index contributed by atoms with van der Waals surface area (Å²) < 4.78 is 52.8. The van der Waals surface area contributed by atoms with Gasteiger partial charge in [-0.25, -0.2) is 27.3 Å². The van der Waals surface area contributed by atoms with Gasteiger partial charge >= 0.3 is 5.97 Å².